The van der Waals surface area contributed by atoms with Crippen LogP contribution in [0, 0.1) is 5.92 Å². The summed E-state index contributed by atoms with van der Waals surface area (Å²) in [5.74, 6) is -1.74. The highest BCUT2D eigenvalue weighted by Gasteiger charge is 2.44. The third-order valence-corrected chi connectivity index (χ3v) is 6.43. The number of nitrogens with zero attached hydrogens (tertiary/aromatic N) is 1. The van der Waals surface area contributed by atoms with Gasteiger partial charge in [0.15, 0.2) is 5.75 Å². The van der Waals surface area contributed by atoms with Crippen LogP contribution in [0.2, 0.25) is 0 Å². The predicted octanol–water partition coefficient (Wildman–Crippen LogP) is 1.47. The van der Waals surface area contributed by atoms with Crippen LogP contribution in [0.5, 0.6) is 0 Å². The van der Waals surface area contributed by atoms with Crippen molar-refractivity contribution in [3.05, 3.63) is 21.9 Å². The molecule has 104 valence electrons. The van der Waals surface area contributed by atoms with Crippen molar-refractivity contribution < 1.29 is 18.3 Å². The molecule has 1 atom stereocenters. The zero-order valence-corrected chi connectivity index (χ0v) is 11.9. The molecule has 1 aromatic rings. The van der Waals surface area contributed by atoms with Crippen LogP contribution >= 0.6 is 11.3 Å². The first-order chi connectivity index (χ1) is 8.99. The van der Waals surface area contributed by atoms with Gasteiger partial charge >= 0.3 is 5.97 Å². The third kappa shape index (κ3) is 2.42. The van der Waals surface area contributed by atoms with Gasteiger partial charge < -0.3 is 5.11 Å². The minimum Gasteiger partial charge on any atom is -0.480 e. The minimum absolute atomic E-state index is 0.139. The van der Waals surface area contributed by atoms with Gasteiger partial charge in [-0.05, 0) is 42.2 Å². The zero-order valence-electron chi connectivity index (χ0n) is 10.3. The molecule has 0 aromatic carbocycles. The van der Waals surface area contributed by atoms with E-state index in [1.165, 1.54) is 9.18 Å². The standard InChI is InChI=1S/C12H15NO4S2/c14-11(15)7-19(16,17)13-5-3-10-9(4-6-18-10)12(13)8-1-2-8/h4,6,8,12H,1-3,5,7H2,(H,14,15). The monoisotopic (exact) mass is 301 g/mol. The van der Waals surface area contributed by atoms with Gasteiger partial charge in [-0.2, -0.15) is 4.31 Å². The van der Waals surface area contributed by atoms with Crippen LogP contribution in [0.4, 0.5) is 0 Å². The van der Waals surface area contributed by atoms with Crippen LogP contribution in [0.25, 0.3) is 0 Å². The lowest BCUT2D eigenvalue weighted by Crippen LogP contribution is -2.42. The molecule has 0 saturated heterocycles. The maximum absolute atomic E-state index is 12.2. The molecule has 1 fully saturated rings. The number of thiophene rings is 1. The molecule has 7 heteroatoms. The number of rotatable bonds is 4. The largest absolute Gasteiger partial charge is 0.480 e. The number of sulfonamides is 1. The van der Waals surface area contributed by atoms with Gasteiger partial charge in [0.05, 0.1) is 6.04 Å². The minimum atomic E-state index is -3.72. The van der Waals surface area contributed by atoms with Crippen molar-refractivity contribution in [1.29, 1.82) is 0 Å². The summed E-state index contributed by atoms with van der Waals surface area (Å²) in [6.45, 7) is 0.407. The molecule has 19 heavy (non-hydrogen) atoms. The number of fused-ring (bicyclic) bond motifs is 1. The summed E-state index contributed by atoms with van der Waals surface area (Å²) in [5, 5.41) is 10.8. The second-order valence-corrected chi connectivity index (χ2v) is 8.01. The van der Waals surface area contributed by atoms with Gasteiger partial charge in [0.1, 0.15) is 0 Å². The average Bonchev–Trinajstić information content (AvgIpc) is 3.03. The molecule has 0 bridgehead atoms. The van der Waals surface area contributed by atoms with Crippen LogP contribution in [0.1, 0.15) is 29.3 Å². The first-order valence-electron chi connectivity index (χ1n) is 6.26. The molecule has 1 N–H and O–H groups in total. The lowest BCUT2D eigenvalue weighted by molar-refractivity contribution is -0.134. The van der Waals surface area contributed by atoms with Crippen molar-refractivity contribution >= 4 is 27.3 Å². The Bertz CT molecular complexity index is 603. The summed E-state index contributed by atoms with van der Waals surface area (Å²) in [5.41, 5.74) is 1.09. The summed E-state index contributed by atoms with van der Waals surface area (Å²) in [6, 6.07) is 1.85. The van der Waals surface area contributed by atoms with Crippen molar-refractivity contribution in [2.24, 2.45) is 5.92 Å². The Hall–Kier alpha value is -0.920. The van der Waals surface area contributed by atoms with E-state index in [0.29, 0.717) is 18.9 Å². The van der Waals surface area contributed by atoms with Gasteiger partial charge in [-0.3, -0.25) is 4.79 Å². The summed E-state index contributed by atoms with van der Waals surface area (Å²) in [6.07, 6.45) is 2.74. The van der Waals surface area contributed by atoms with Crippen LogP contribution in [0.15, 0.2) is 11.4 Å². The predicted molar refractivity (Wildman–Crippen MR) is 71.6 cm³/mol. The van der Waals surface area contributed by atoms with Crippen molar-refractivity contribution in [2.75, 3.05) is 12.3 Å². The van der Waals surface area contributed by atoms with E-state index in [9.17, 15) is 13.2 Å². The lowest BCUT2D eigenvalue weighted by Gasteiger charge is -2.34. The topological polar surface area (TPSA) is 74.7 Å². The number of carbonyl (C=O) groups is 1. The third-order valence-electron chi connectivity index (χ3n) is 3.70. The van der Waals surface area contributed by atoms with E-state index in [0.717, 1.165) is 18.4 Å². The highest BCUT2D eigenvalue weighted by atomic mass is 32.2. The highest BCUT2D eigenvalue weighted by molar-refractivity contribution is 7.89. The Kier molecular flexibility index (Phi) is 3.15. The van der Waals surface area contributed by atoms with Crippen LogP contribution in [-0.2, 0) is 21.2 Å². The molecule has 1 unspecified atom stereocenters. The van der Waals surface area contributed by atoms with Crippen LogP contribution in [0.3, 0.4) is 0 Å². The molecule has 0 spiro atoms. The Morgan fingerprint density at radius 3 is 2.84 bits per heavy atom. The summed E-state index contributed by atoms with van der Waals surface area (Å²) in [4.78, 5) is 12.0. The SMILES string of the molecule is O=C(O)CS(=O)(=O)N1CCc2sccc2C1C1CC1. The molecule has 1 aliphatic heterocycles. The number of carboxylic acid groups (broad SMARTS) is 1. The molecule has 0 radical (unpaired) electrons. The van der Waals surface area contributed by atoms with Gasteiger partial charge in [-0.25, -0.2) is 8.42 Å². The molecule has 1 aromatic heterocycles. The maximum Gasteiger partial charge on any atom is 0.320 e. The summed E-state index contributed by atoms with van der Waals surface area (Å²) >= 11 is 1.66. The molecule has 2 aliphatic rings. The fourth-order valence-corrected chi connectivity index (χ4v) is 5.17. The second kappa shape index (κ2) is 4.57. The first kappa shape index (κ1) is 13.1. The first-order valence-corrected chi connectivity index (χ1v) is 8.75. The number of carboxylic acids is 1. The number of aliphatic carboxylic acids is 1. The number of hydrogen-bond donors (Lipinski definition) is 1. The van der Waals surface area contributed by atoms with E-state index >= 15 is 0 Å². The average molecular weight is 301 g/mol. The fourth-order valence-electron chi connectivity index (χ4n) is 2.78. The van der Waals surface area contributed by atoms with Crippen molar-refractivity contribution in [3.8, 4) is 0 Å². The lowest BCUT2D eigenvalue weighted by atomic mass is 9.98. The quantitative estimate of drug-likeness (QED) is 0.914. The van der Waals surface area contributed by atoms with Gasteiger partial charge in [-0.15, -0.1) is 11.3 Å². The Morgan fingerprint density at radius 2 is 2.21 bits per heavy atom. The van der Waals surface area contributed by atoms with Gasteiger partial charge in [0.2, 0.25) is 10.0 Å². The molecule has 3 rings (SSSR count). The molecule has 0 amide bonds. The van der Waals surface area contributed by atoms with E-state index in [1.54, 1.807) is 11.3 Å². The highest BCUT2D eigenvalue weighted by Crippen LogP contribution is 2.49. The Labute approximate surface area is 115 Å². The van der Waals surface area contributed by atoms with E-state index in [4.69, 9.17) is 5.11 Å². The molecule has 1 saturated carbocycles. The summed E-state index contributed by atoms with van der Waals surface area (Å²) < 4.78 is 25.9. The molecule has 5 nitrogen and oxygen atoms in total. The Balaban J connectivity index is 1.96. The van der Waals surface area contributed by atoms with Crippen molar-refractivity contribution in [1.82, 2.24) is 4.31 Å². The van der Waals surface area contributed by atoms with E-state index < -0.39 is 21.7 Å². The number of hydrogen-bond acceptors (Lipinski definition) is 4. The van der Waals surface area contributed by atoms with Crippen LogP contribution < -0.4 is 0 Å². The molecular formula is C12H15NO4S2. The molecular weight excluding hydrogens is 286 g/mol. The maximum atomic E-state index is 12.2. The van der Waals surface area contributed by atoms with E-state index in [-0.39, 0.29) is 6.04 Å². The van der Waals surface area contributed by atoms with Crippen molar-refractivity contribution in [2.45, 2.75) is 25.3 Å². The molecule has 2 heterocycles. The second-order valence-electron chi connectivity index (χ2n) is 5.09. The van der Waals surface area contributed by atoms with Crippen LogP contribution in [-0.4, -0.2) is 36.1 Å². The zero-order chi connectivity index (χ0) is 13.6. The Morgan fingerprint density at radius 1 is 1.47 bits per heavy atom. The summed E-state index contributed by atoms with van der Waals surface area (Å²) in [7, 11) is -3.72. The smallest absolute Gasteiger partial charge is 0.320 e. The van der Waals surface area contributed by atoms with Gasteiger partial charge in [0.25, 0.3) is 0 Å². The van der Waals surface area contributed by atoms with Crippen molar-refractivity contribution in [3.63, 3.8) is 0 Å². The van der Waals surface area contributed by atoms with E-state index in [1.807, 2.05) is 11.4 Å². The van der Waals surface area contributed by atoms with E-state index in [2.05, 4.69) is 0 Å². The van der Waals surface area contributed by atoms with Gasteiger partial charge in [-0.1, -0.05) is 0 Å². The fraction of sp³-hybridized carbons (Fsp3) is 0.583. The van der Waals surface area contributed by atoms with Gasteiger partial charge in [0, 0.05) is 11.4 Å². The normalized spacial score (nSPS) is 24.1. The molecule has 1 aliphatic carbocycles.